The first kappa shape index (κ1) is 21.9. The van der Waals surface area contributed by atoms with Gasteiger partial charge in [-0.1, -0.05) is 65.8 Å². The zero-order valence-electron chi connectivity index (χ0n) is 17.4. The first-order valence-corrected chi connectivity index (χ1v) is 11.4. The van der Waals surface area contributed by atoms with Gasteiger partial charge in [-0.15, -0.1) is 10.2 Å². The third kappa shape index (κ3) is 5.12. The Labute approximate surface area is 195 Å². The van der Waals surface area contributed by atoms with Crippen molar-refractivity contribution >= 4 is 35.0 Å². The second-order valence-corrected chi connectivity index (χ2v) is 8.10. The van der Waals surface area contributed by atoms with E-state index in [1.165, 1.54) is 11.8 Å². The van der Waals surface area contributed by atoms with E-state index < -0.39 is 0 Å². The van der Waals surface area contributed by atoms with Gasteiger partial charge in [0.05, 0.1) is 23.1 Å². The Morgan fingerprint density at radius 2 is 1.72 bits per heavy atom. The van der Waals surface area contributed by atoms with Gasteiger partial charge in [0.25, 0.3) is 0 Å². The number of carbonyl (C=O) groups is 1. The fourth-order valence-corrected chi connectivity index (χ4v) is 4.04. The summed E-state index contributed by atoms with van der Waals surface area (Å²) in [5, 5.41) is 12.7. The molecule has 0 saturated heterocycles. The van der Waals surface area contributed by atoms with Crippen LogP contribution in [0.25, 0.3) is 17.1 Å². The first-order valence-electron chi connectivity index (χ1n) is 10.1. The van der Waals surface area contributed by atoms with Crippen LogP contribution < -0.4 is 10.1 Å². The van der Waals surface area contributed by atoms with E-state index in [2.05, 4.69) is 15.5 Å². The highest BCUT2D eigenvalue weighted by Gasteiger charge is 2.17. The van der Waals surface area contributed by atoms with Gasteiger partial charge in [0.2, 0.25) is 5.91 Å². The Hall–Kier alpha value is -3.29. The summed E-state index contributed by atoms with van der Waals surface area (Å²) in [5.41, 5.74) is 2.39. The molecule has 1 heterocycles. The molecule has 0 atom stereocenters. The Balaban J connectivity index is 1.60. The predicted molar refractivity (Wildman–Crippen MR) is 129 cm³/mol. The van der Waals surface area contributed by atoms with Crippen molar-refractivity contribution in [3.05, 3.63) is 83.9 Å². The number of rotatable bonds is 8. The molecule has 1 N–H and O–H groups in total. The molecule has 1 aromatic heterocycles. The molecule has 8 heteroatoms. The molecule has 1 amide bonds. The topological polar surface area (TPSA) is 69.0 Å². The van der Waals surface area contributed by atoms with Gasteiger partial charge in [0, 0.05) is 11.3 Å². The molecular formula is C24H21ClN4O2S. The van der Waals surface area contributed by atoms with Crippen LogP contribution in [0.15, 0.2) is 84.0 Å². The lowest BCUT2D eigenvalue weighted by molar-refractivity contribution is -0.113. The van der Waals surface area contributed by atoms with Gasteiger partial charge in [0.1, 0.15) is 5.75 Å². The van der Waals surface area contributed by atoms with Crippen molar-refractivity contribution in [2.75, 3.05) is 17.7 Å². The Morgan fingerprint density at radius 3 is 2.44 bits per heavy atom. The average Bonchev–Trinajstić information content (AvgIpc) is 3.24. The second-order valence-electron chi connectivity index (χ2n) is 6.75. The summed E-state index contributed by atoms with van der Waals surface area (Å²) in [5.74, 6) is 1.48. The predicted octanol–water partition coefficient (Wildman–Crippen LogP) is 5.72. The van der Waals surface area contributed by atoms with Gasteiger partial charge in [-0.05, 0) is 43.3 Å². The van der Waals surface area contributed by atoms with Crippen molar-refractivity contribution < 1.29 is 9.53 Å². The van der Waals surface area contributed by atoms with Gasteiger partial charge < -0.3 is 10.1 Å². The lowest BCUT2D eigenvalue weighted by atomic mass is 10.2. The van der Waals surface area contributed by atoms with E-state index in [4.69, 9.17) is 16.3 Å². The van der Waals surface area contributed by atoms with Gasteiger partial charge in [0.15, 0.2) is 11.0 Å². The highest BCUT2D eigenvalue weighted by atomic mass is 35.5. The van der Waals surface area contributed by atoms with E-state index in [0.717, 1.165) is 17.0 Å². The number of nitrogens with one attached hydrogen (secondary N) is 1. The maximum absolute atomic E-state index is 12.5. The Kier molecular flexibility index (Phi) is 7.09. The normalized spacial score (nSPS) is 10.7. The largest absolute Gasteiger partial charge is 0.494 e. The molecule has 162 valence electrons. The molecule has 0 fully saturated rings. The van der Waals surface area contributed by atoms with Crippen LogP contribution in [0.5, 0.6) is 5.75 Å². The number of hydrogen-bond acceptors (Lipinski definition) is 5. The maximum Gasteiger partial charge on any atom is 0.234 e. The third-order valence-corrected chi connectivity index (χ3v) is 5.81. The number of nitrogens with zero attached hydrogens (tertiary/aromatic N) is 3. The highest BCUT2D eigenvalue weighted by Crippen LogP contribution is 2.29. The van der Waals surface area contributed by atoms with Crippen molar-refractivity contribution in [2.45, 2.75) is 12.1 Å². The van der Waals surface area contributed by atoms with E-state index >= 15 is 0 Å². The summed E-state index contributed by atoms with van der Waals surface area (Å²) in [7, 11) is 0. The van der Waals surface area contributed by atoms with Crippen molar-refractivity contribution in [3.63, 3.8) is 0 Å². The van der Waals surface area contributed by atoms with E-state index in [9.17, 15) is 4.79 Å². The Bertz CT molecular complexity index is 1200. The lowest BCUT2D eigenvalue weighted by Crippen LogP contribution is -2.14. The Morgan fingerprint density at radius 1 is 1.00 bits per heavy atom. The van der Waals surface area contributed by atoms with E-state index in [1.54, 1.807) is 12.1 Å². The van der Waals surface area contributed by atoms with Crippen LogP contribution >= 0.6 is 23.4 Å². The van der Waals surface area contributed by atoms with Crippen LogP contribution in [0.2, 0.25) is 5.02 Å². The number of halogens is 1. The average molecular weight is 465 g/mol. The second kappa shape index (κ2) is 10.3. The van der Waals surface area contributed by atoms with Crippen LogP contribution in [0.1, 0.15) is 6.92 Å². The monoisotopic (exact) mass is 464 g/mol. The molecule has 0 aliphatic heterocycles. The maximum atomic E-state index is 12.5. The summed E-state index contributed by atoms with van der Waals surface area (Å²) in [6, 6.07) is 24.7. The number of para-hydroxylation sites is 1. The molecule has 32 heavy (non-hydrogen) atoms. The third-order valence-electron chi connectivity index (χ3n) is 4.55. The minimum absolute atomic E-state index is 0.162. The molecule has 0 unspecified atom stereocenters. The van der Waals surface area contributed by atoms with E-state index in [-0.39, 0.29) is 11.7 Å². The number of amides is 1. The molecule has 0 saturated carbocycles. The molecule has 0 aliphatic carbocycles. The summed E-state index contributed by atoms with van der Waals surface area (Å²) < 4.78 is 7.50. The number of thioether (sulfide) groups is 1. The van der Waals surface area contributed by atoms with Gasteiger partial charge in [-0.2, -0.15) is 0 Å². The molecule has 4 rings (SSSR count). The first-order chi connectivity index (χ1) is 15.7. The molecule has 3 aromatic carbocycles. The van der Waals surface area contributed by atoms with E-state index in [1.807, 2.05) is 78.2 Å². The highest BCUT2D eigenvalue weighted by molar-refractivity contribution is 7.99. The van der Waals surface area contributed by atoms with Gasteiger partial charge in [-0.25, -0.2) is 0 Å². The van der Waals surface area contributed by atoms with Crippen molar-refractivity contribution in [2.24, 2.45) is 0 Å². The number of carbonyl (C=O) groups excluding carboxylic acids is 1. The molecule has 0 bridgehead atoms. The smallest absolute Gasteiger partial charge is 0.234 e. The minimum atomic E-state index is -0.175. The van der Waals surface area contributed by atoms with Crippen LogP contribution in [0.3, 0.4) is 0 Å². The molecule has 4 aromatic rings. The van der Waals surface area contributed by atoms with Crippen LogP contribution in [-0.2, 0) is 4.79 Å². The zero-order chi connectivity index (χ0) is 22.3. The molecule has 0 radical (unpaired) electrons. The van der Waals surface area contributed by atoms with Crippen LogP contribution in [0, 0.1) is 0 Å². The summed E-state index contributed by atoms with van der Waals surface area (Å²) >= 11 is 7.45. The standard InChI is InChI=1S/C24H21ClN4O2S/c1-2-31-19-14-12-18(13-15-19)29-23(17-8-4-3-5-9-17)27-28-24(29)32-16-22(30)26-21-11-7-6-10-20(21)25/h3-15H,2,16H2,1H3,(H,26,30). The van der Waals surface area contributed by atoms with Crippen LogP contribution in [-0.4, -0.2) is 33.0 Å². The van der Waals surface area contributed by atoms with Gasteiger partial charge in [-0.3, -0.25) is 9.36 Å². The fraction of sp³-hybridized carbons (Fsp3) is 0.125. The summed E-state index contributed by atoms with van der Waals surface area (Å²) in [6.45, 7) is 2.55. The SMILES string of the molecule is CCOc1ccc(-n2c(SCC(=O)Nc3ccccc3Cl)nnc2-c2ccccc2)cc1. The van der Waals surface area contributed by atoms with Crippen molar-refractivity contribution in [1.82, 2.24) is 14.8 Å². The number of aromatic nitrogens is 3. The van der Waals surface area contributed by atoms with Crippen molar-refractivity contribution in [1.29, 1.82) is 0 Å². The molecule has 0 aliphatic rings. The quantitative estimate of drug-likeness (QED) is 0.338. The number of anilines is 1. The summed E-state index contributed by atoms with van der Waals surface area (Å²) in [6.07, 6.45) is 0. The molecule has 6 nitrogen and oxygen atoms in total. The molecule has 0 spiro atoms. The number of ether oxygens (including phenoxy) is 1. The zero-order valence-corrected chi connectivity index (χ0v) is 18.9. The van der Waals surface area contributed by atoms with Crippen LogP contribution in [0.4, 0.5) is 5.69 Å². The number of hydrogen-bond donors (Lipinski definition) is 1. The fourth-order valence-electron chi connectivity index (χ4n) is 3.11. The number of benzene rings is 3. The van der Waals surface area contributed by atoms with Crippen molar-refractivity contribution in [3.8, 4) is 22.8 Å². The minimum Gasteiger partial charge on any atom is -0.494 e. The molecular weight excluding hydrogens is 444 g/mol. The summed E-state index contributed by atoms with van der Waals surface area (Å²) in [4.78, 5) is 12.5. The van der Waals surface area contributed by atoms with E-state index in [0.29, 0.717) is 28.3 Å². The van der Waals surface area contributed by atoms with Gasteiger partial charge >= 0.3 is 0 Å². The lowest BCUT2D eigenvalue weighted by Gasteiger charge is -2.12.